The van der Waals surface area contributed by atoms with Crippen molar-refractivity contribution in [2.75, 3.05) is 6.54 Å². The zero-order valence-corrected chi connectivity index (χ0v) is 14.4. The van der Waals surface area contributed by atoms with E-state index in [1.54, 1.807) is 34.6 Å². The summed E-state index contributed by atoms with van der Waals surface area (Å²) in [6.45, 7) is 9.37. The predicted molar refractivity (Wildman–Crippen MR) is 88.1 cm³/mol. The molecule has 0 aromatic heterocycles. The fraction of sp³-hybridized carbons (Fsp3) is 0.529. The van der Waals surface area contributed by atoms with E-state index in [0.29, 0.717) is 0 Å². The molecule has 0 saturated carbocycles. The maximum Gasteiger partial charge on any atom is 0.408 e. The second-order valence-electron chi connectivity index (χ2n) is 6.93. The molecule has 23 heavy (non-hydrogen) atoms. The summed E-state index contributed by atoms with van der Waals surface area (Å²) in [5, 5.41) is 5.34. The van der Waals surface area contributed by atoms with Crippen LogP contribution in [0.15, 0.2) is 30.3 Å². The summed E-state index contributed by atoms with van der Waals surface area (Å²) < 4.78 is 10.3. The van der Waals surface area contributed by atoms with Gasteiger partial charge in [0.25, 0.3) is 0 Å². The van der Waals surface area contributed by atoms with E-state index in [4.69, 9.17) is 9.47 Å². The SMILES string of the molecule is CC(C)(CNC(=O)OCc1ccccc1)NC(=O)OC(C)(C)C. The molecule has 0 aliphatic rings. The first-order valence-corrected chi connectivity index (χ1v) is 7.53. The third-order valence-corrected chi connectivity index (χ3v) is 2.73. The van der Waals surface area contributed by atoms with E-state index in [9.17, 15) is 9.59 Å². The Kier molecular flexibility index (Phi) is 6.42. The lowest BCUT2D eigenvalue weighted by molar-refractivity contribution is 0.0469. The number of hydrogen-bond donors (Lipinski definition) is 2. The van der Waals surface area contributed by atoms with E-state index in [0.717, 1.165) is 5.56 Å². The summed E-state index contributed by atoms with van der Waals surface area (Å²) in [6.07, 6.45) is -1.06. The number of benzene rings is 1. The lowest BCUT2D eigenvalue weighted by Crippen LogP contribution is -2.52. The van der Waals surface area contributed by atoms with Crippen LogP contribution in [0.5, 0.6) is 0 Å². The Morgan fingerprint density at radius 2 is 1.61 bits per heavy atom. The van der Waals surface area contributed by atoms with Gasteiger partial charge in [0.15, 0.2) is 0 Å². The monoisotopic (exact) mass is 322 g/mol. The van der Waals surface area contributed by atoms with Crippen molar-refractivity contribution in [1.82, 2.24) is 10.6 Å². The number of alkyl carbamates (subject to hydrolysis) is 2. The van der Waals surface area contributed by atoms with Crippen LogP contribution in [0.4, 0.5) is 9.59 Å². The van der Waals surface area contributed by atoms with Gasteiger partial charge in [-0.1, -0.05) is 30.3 Å². The van der Waals surface area contributed by atoms with Gasteiger partial charge in [0.2, 0.25) is 0 Å². The van der Waals surface area contributed by atoms with Crippen LogP contribution in [0.3, 0.4) is 0 Å². The molecule has 0 spiro atoms. The minimum absolute atomic E-state index is 0.201. The van der Waals surface area contributed by atoms with Gasteiger partial charge in [-0.05, 0) is 40.2 Å². The first kappa shape index (κ1) is 18.8. The zero-order valence-electron chi connectivity index (χ0n) is 14.4. The van der Waals surface area contributed by atoms with Crippen molar-refractivity contribution in [3.8, 4) is 0 Å². The van der Waals surface area contributed by atoms with Crippen molar-refractivity contribution >= 4 is 12.2 Å². The van der Waals surface area contributed by atoms with Crippen LogP contribution in [0.25, 0.3) is 0 Å². The van der Waals surface area contributed by atoms with Crippen LogP contribution in [-0.2, 0) is 16.1 Å². The number of hydrogen-bond acceptors (Lipinski definition) is 4. The molecule has 1 rings (SSSR count). The lowest BCUT2D eigenvalue weighted by Gasteiger charge is -2.28. The average molecular weight is 322 g/mol. The molecule has 6 nitrogen and oxygen atoms in total. The van der Waals surface area contributed by atoms with Crippen LogP contribution < -0.4 is 10.6 Å². The van der Waals surface area contributed by atoms with Gasteiger partial charge in [-0.2, -0.15) is 0 Å². The van der Waals surface area contributed by atoms with Crippen LogP contribution in [0.1, 0.15) is 40.2 Å². The van der Waals surface area contributed by atoms with E-state index in [2.05, 4.69) is 10.6 Å². The molecule has 0 atom stereocenters. The Bertz CT molecular complexity index is 521. The summed E-state index contributed by atoms with van der Waals surface area (Å²) in [5.74, 6) is 0. The van der Waals surface area contributed by atoms with Crippen LogP contribution in [-0.4, -0.2) is 29.9 Å². The molecule has 0 aliphatic carbocycles. The first-order valence-electron chi connectivity index (χ1n) is 7.53. The molecular formula is C17H26N2O4. The van der Waals surface area contributed by atoms with Gasteiger partial charge in [0, 0.05) is 6.54 Å². The van der Waals surface area contributed by atoms with Gasteiger partial charge in [-0.3, -0.25) is 0 Å². The number of ether oxygens (including phenoxy) is 2. The second kappa shape index (κ2) is 7.85. The quantitative estimate of drug-likeness (QED) is 0.872. The van der Waals surface area contributed by atoms with Crippen LogP contribution in [0.2, 0.25) is 0 Å². The van der Waals surface area contributed by atoms with Gasteiger partial charge >= 0.3 is 12.2 Å². The maximum atomic E-state index is 11.8. The molecule has 1 aromatic rings. The molecular weight excluding hydrogens is 296 g/mol. The predicted octanol–water partition coefficient (Wildman–Crippen LogP) is 3.22. The molecule has 2 amide bonds. The molecule has 0 aliphatic heterocycles. The van der Waals surface area contributed by atoms with Crippen molar-refractivity contribution in [1.29, 1.82) is 0 Å². The number of nitrogens with one attached hydrogen (secondary N) is 2. The molecule has 0 fully saturated rings. The van der Waals surface area contributed by atoms with Gasteiger partial charge in [-0.15, -0.1) is 0 Å². The van der Waals surface area contributed by atoms with Crippen molar-refractivity contribution in [3.63, 3.8) is 0 Å². The highest BCUT2D eigenvalue weighted by atomic mass is 16.6. The third kappa shape index (κ3) is 8.70. The third-order valence-electron chi connectivity index (χ3n) is 2.73. The zero-order chi connectivity index (χ0) is 17.5. The Hall–Kier alpha value is -2.24. The second-order valence-corrected chi connectivity index (χ2v) is 6.93. The van der Waals surface area contributed by atoms with E-state index in [-0.39, 0.29) is 13.2 Å². The van der Waals surface area contributed by atoms with Crippen molar-refractivity contribution in [2.24, 2.45) is 0 Å². The normalized spacial score (nSPS) is 11.5. The van der Waals surface area contributed by atoms with Crippen molar-refractivity contribution < 1.29 is 19.1 Å². The Morgan fingerprint density at radius 1 is 1.00 bits per heavy atom. The lowest BCUT2D eigenvalue weighted by atomic mass is 10.1. The molecule has 0 radical (unpaired) electrons. The van der Waals surface area contributed by atoms with E-state index in [1.165, 1.54) is 0 Å². The molecule has 128 valence electrons. The van der Waals surface area contributed by atoms with E-state index < -0.39 is 23.3 Å². The summed E-state index contributed by atoms with van der Waals surface area (Å²) in [5.41, 5.74) is -0.315. The average Bonchev–Trinajstić information content (AvgIpc) is 2.41. The van der Waals surface area contributed by atoms with Crippen molar-refractivity contribution in [3.05, 3.63) is 35.9 Å². The topological polar surface area (TPSA) is 76.7 Å². The molecule has 0 heterocycles. The van der Waals surface area contributed by atoms with Gasteiger partial charge in [0.1, 0.15) is 12.2 Å². The first-order chi connectivity index (χ1) is 10.6. The summed E-state index contributed by atoms with van der Waals surface area (Å²) in [4.78, 5) is 23.5. The number of carbonyl (C=O) groups is 2. The Morgan fingerprint density at radius 3 is 2.17 bits per heavy atom. The molecule has 6 heteroatoms. The highest BCUT2D eigenvalue weighted by Gasteiger charge is 2.25. The highest BCUT2D eigenvalue weighted by molar-refractivity contribution is 5.69. The highest BCUT2D eigenvalue weighted by Crippen LogP contribution is 2.09. The minimum Gasteiger partial charge on any atom is -0.445 e. The molecule has 1 aromatic carbocycles. The molecule has 0 unspecified atom stereocenters. The van der Waals surface area contributed by atoms with Gasteiger partial charge in [-0.25, -0.2) is 9.59 Å². The smallest absolute Gasteiger partial charge is 0.408 e. The fourth-order valence-corrected chi connectivity index (χ4v) is 1.69. The number of carbonyl (C=O) groups excluding carboxylic acids is 2. The minimum atomic E-state index is -0.659. The van der Waals surface area contributed by atoms with Crippen LogP contribution in [0, 0.1) is 0 Å². The van der Waals surface area contributed by atoms with Gasteiger partial charge < -0.3 is 20.1 Å². The number of amides is 2. The summed E-state index contributed by atoms with van der Waals surface area (Å²) >= 11 is 0. The van der Waals surface area contributed by atoms with Crippen molar-refractivity contribution in [2.45, 2.75) is 52.4 Å². The van der Waals surface area contributed by atoms with Crippen LogP contribution >= 0.6 is 0 Å². The molecule has 0 saturated heterocycles. The maximum absolute atomic E-state index is 11.8. The largest absolute Gasteiger partial charge is 0.445 e. The Labute approximate surface area is 137 Å². The number of rotatable bonds is 5. The Balaban J connectivity index is 2.34. The van der Waals surface area contributed by atoms with E-state index >= 15 is 0 Å². The van der Waals surface area contributed by atoms with E-state index in [1.807, 2.05) is 30.3 Å². The summed E-state index contributed by atoms with van der Waals surface area (Å²) in [6, 6.07) is 9.41. The van der Waals surface area contributed by atoms with Gasteiger partial charge in [0.05, 0.1) is 5.54 Å². The standard InChI is InChI=1S/C17H26N2O4/c1-16(2,3)23-15(21)19-17(4,5)12-18-14(20)22-11-13-9-7-6-8-10-13/h6-10H,11-12H2,1-5H3,(H,18,20)(H,19,21). The summed E-state index contributed by atoms with van der Waals surface area (Å²) in [7, 11) is 0. The molecule has 0 bridgehead atoms. The molecule has 2 N–H and O–H groups in total. The fourth-order valence-electron chi connectivity index (χ4n) is 1.69.